The molecule has 0 atom stereocenters. The number of methoxy groups -OCH3 is 1. The highest BCUT2D eigenvalue weighted by molar-refractivity contribution is 5.97. The van der Waals surface area contributed by atoms with Gasteiger partial charge in [-0.1, -0.05) is 24.8 Å². The van der Waals surface area contributed by atoms with Crippen molar-refractivity contribution in [2.45, 2.75) is 0 Å². The number of carbonyl (C=O) groups excluding carboxylic acids is 2. The normalized spacial score (nSPS) is 10.2. The summed E-state index contributed by atoms with van der Waals surface area (Å²) in [7, 11) is 1.59. The van der Waals surface area contributed by atoms with Crippen LogP contribution >= 0.6 is 0 Å². The van der Waals surface area contributed by atoms with Gasteiger partial charge in [0, 0.05) is 11.6 Å². The smallest absolute Gasteiger partial charge is 0.269 e. The molecular formula is C20H20N2O4. The summed E-state index contributed by atoms with van der Waals surface area (Å²) in [5, 5.41) is 0. The molecule has 0 spiro atoms. The van der Waals surface area contributed by atoms with Gasteiger partial charge in [0.15, 0.2) is 0 Å². The van der Waals surface area contributed by atoms with E-state index < -0.39 is 11.8 Å². The Morgan fingerprint density at radius 3 is 2.27 bits per heavy atom. The van der Waals surface area contributed by atoms with Crippen LogP contribution in [-0.2, 0) is 4.79 Å². The maximum Gasteiger partial charge on any atom is 0.269 e. The number of rotatable bonds is 7. The van der Waals surface area contributed by atoms with E-state index in [0.717, 1.165) is 11.3 Å². The van der Waals surface area contributed by atoms with E-state index in [9.17, 15) is 9.59 Å². The van der Waals surface area contributed by atoms with Crippen molar-refractivity contribution in [3.05, 3.63) is 78.4 Å². The van der Waals surface area contributed by atoms with E-state index in [1.807, 2.05) is 12.1 Å². The number of ether oxygens (including phenoxy) is 2. The van der Waals surface area contributed by atoms with Crippen LogP contribution in [0, 0.1) is 0 Å². The minimum absolute atomic E-state index is 0.391. The quantitative estimate of drug-likeness (QED) is 0.456. The zero-order valence-electron chi connectivity index (χ0n) is 14.4. The molecule has 0 aromatic heterocycles. The molecule has 2 aromatic rings. The first kappa shape index (κ1) is 18.8. The van der Waals surface area contributed by atoms with Crippen molar-refractivity contribution in [1.82, 2.24) is 10.9 Å². The topological polar surface area (TPSA) is 76.7 Å². The van der Waals surface area contributed by atoms with Crippen molar-refractivity contribution in [3.63, 3.8) is 0 Å². The molecule has 2 N–H and O–H groups in total. The van der Waals surface area contributed by atoms with Crippen molar-refractivity contribution in [3.8, 4) is 11.5 Å². The van der Waals surface area contributed by atoms with Crippen molar-refractivity contribution in [2.75, 3.05) is 13.7 Å². The summed E-state index contributed by atoms with van der Waals surface area (Å²) in [5.41, 5.74) is 5.91. The molecule has 0 fully saturated rings. The predicted molar refractivity (Wildman–Crippen MR) is 99.8 cm³/mol. The lowest BCUT2D eigenvalue weighted by molar-refractivity contribution is -0.117. The first-order valence-electron chi connectivity index (χ1n) is 7.88. The van der Waals surface area contributed by atoms with Crippen LogP contribution in [-0.4, -0.2) is 25.5 Å². The van der Waals surface area contributed by atoms with E-state index in [4.69, 9.17) is 9.47 Å². The number of hydrazine groups is 1. The molecule has 6 nitrogen and oxygen atoms in total. The highest BCUT2D eigenvalue weighted by Gasteiger charge is 2.06. The van der Waals surface area contributed by atoms with Crippen LogP contribution in [0.1, 0.15) is 15.9 Å². The largest absolute Gasteiger partial charge is 0.497 e. The lowest BCUT2D eigenvalue weighted by Gasteiger charge is -2.07. The minimum atomic E-state index is -0.444. The summed E-state index contributed by atoms with van der Waals surface area (Å²) >= 11 is 0. The van der Waals surface area contributed by atoms with Gasteiger partial charge in [-0.3, -0.25) is 20.4 Å². The van der Waals surface area contributed by atoms with Gasteiger partial charge in [-0.25, -0.2) is 0 Å². The number of hydrogen-bond donors (Lipinski definition) is 2. The predicted octanol–water partition coefficient (Wildman–Crippen LogP) is 2.73. The summed E-state index contributed by atoms with van der Waals surface area (Å²) in [5.74, 6) is 0.499. The van der Waals surface area contributed by atoms with Crippen molar-refractivity contribution in [2.24, 2.45) is 0 Å². The van der Waals surface area contributed by atoms with Gasteiger partial charge in [-0.2, -0.15) is 0 Å². The van der Waals surface area contributed by atoms with Gasteiger partial charge in [-0.05, 0) is 48.0 Å². The van der Waals surface area contributed by atoms with E-state index in [1.165, 1.54) is 6.08 Å². The number of hydrogen-bond acceptors (Lipinski definition) is 4. The molecule has 0 aliphatic carbocycles. The molecule has 2 amide bonds. The van der Waals surface area contributed by atoms with Gasteiger partial charge < -0.3 is 9.47 Å². The third-order valence-corrected chi connectivity index (χ3v) is 3.33. The van der Waals surface area contributed by atoms with Crippen molar-refractivity contribution < 1.29 is 19.1 Å². The lowest BCUT2D eigenvalue weighted by Crippen LogP contribution is -2.40. The second kappa shape index (κ2) is 9.68. The minimum Gasteiger partial charge on any atom is -0.497 e. The fourth-order valence-corrected chi connectivity index (χ4v) is 1.98. The summed E-state index contributed by atoms with van der Waals surface area (Å²) in [6, 6.07) is 13.8. The van der Waals surface area contributed by atoms with Crippen LogP contribution in [0.25, 0.3) is 6.08 Å². The first-order valence-corrected chi connectivity index (χ1v) is 7.88. The highest BCUT2D eigenvalue weighted by Crippen LogP contribution is 2.13. The molecule has 0 aliphatic rings. The molecular weight excluding hydrogens is 332 g/mol. The number of amides is 2. The van der Waals surface area contributed by atoms with Crippen LogP contribution < -0.4 is 20.3 Å². The Bertz CT molecular complexity index is 780. The average Bonchev–Trinajstić information content (AvgIpc) is 2.69. The molecule has 0 unspecified atom stereocenters. The molecule has 0 bridgehead atoms. The Balaban J connectivity index is 1.82. The van der Waals surface area contributed by atoms with Crippen LogP contribution in [0.5, 0.6) is 11.5 Å². The fourth-order valence-electron chi connectivity index (χ4n) is 1.98. The van der Waals surface area contributed by atoms with Gasteiger partial charge >= 0.3 is 0 Å². The molecule has 0 radical (unpaired) electrons. The maximum absolute atomic E-state index is 12.0. The van der Waals surface area contributed by atoms with Crippen LogP contribution in [0.15, 0.2) is 67.3 Å². The molecule has 0 saturated heterocycles. The maximum atomic E-state index is 12.0. The Morgan fingerprint density at radius 1 is 1.00 bits per heavy atom. The Kier molecular flexibility index (Phi) is 7.00. The second-order valence-electron chi connectivity index (χ2n) is 5.17. The number of nitrogens with one attached hydrogen (secondary N) is 2. The van der Waals surface area contributed by atoms with E-state index in [1.54, 1.807) is 55.7 Å². The monoisotopic (exact) mass is 352 g/mol. The average molecular weight is 352 g/mol. The summed E-state index contributed by atoms with van der Waals surface area (Å²) in [6.45, 7) is 3.96. The molecule has 0 heterocycles. The summed E-state index contributed by atoms with van der Waals surface area (Å²) in [4.78, 5) is 23.8. The third kappa shape index (κ3) is 5.83. The van der Waals surface area contributed by atoms with Crippen molar-refractivity contribution in [1.29, 1.82) is 0 Å². The number of carbonyl (C=O) groups is 2. The third-order valence-electron chi connectivity index (χ3n) is 3.33. The van der Waals surface area contributed by atoms with E-state index in [2.05, 4.69) is 17.4 Å². The SMILES string of the molecule is C=CCOc1ccc(C(=O)NNC(=O)C=Cc2ccc(OC)cc2)cc1. The lowest BCUT2D eigenvalue weighted by atomic mass is 10.2. The van der Waals surface area contributed by atoms with Gasteiger partial charge in [0.2, 0.25) is 0 Å². The Hall–Kier alpha value is -3.54. The standard InChI is InChI=1S/C20H20N2O4/c1-3-14-26-18-11-7-16(8-12-18)20(24)22-21-19(23)13-6-15-4-9-17(25-2)10-5-15/h3-13H,1,14H2,2H3,(H,21,23)(H,22,24). The molecule has 134 valence electrons. The molecule has 2 aromatic carbocycles. The molecule has 2 rings (SSSR count). The van der Waals surface area contributed by atoms with Crippen molar-refractivity contribution >= 4 is 17.9 Å². The van der Waals surface area contributed by atoms with E-state index in [0.29, 0.717) is 17.9 Å². The second-order valence-corrected chi connectivity index (χ2v) is 5.17. The van der Waals surface area contributed by atoms with Gasteiger partial charge in [-0.15, -0.1) is 0 Å². The summed E-state index contributed by atoms with van der Waals surface area (Å²) in [6.07, 6.45) is 4.59. The van der Waals surface area contributed by atoms with E-state index in [-0.39, 0.29) is 0 Å². The zero-order valence-corrected chi connectivity index (χ0v) is 14.4. The van der Waals surface area contributed by atoms with Crippen LogP contribution in [0.2, 0.25) is 0 Å². The van der Waals surface area contributed by atoms with Crippen LogP contribution in [0.3, 0.4) is 0 Å². The van der Waals surface area contributed by atoms with Gasteiger partial charge in [0.05, 0.1) is 7.11 Å². The van der Waals surface area contributed by atoms with Gasteiger partial charge in [0.25, 0.3) is 11.8 Å². The van der Waals surface area contributed by atoms with E-state index >= 15 is 0 Å². The Labute approximate surface area is 152 Å². The molecule has 0 aliphatic heterocycles. The fraction of sp³-hybridized carbons (Fsp3) is 0.100. The first-order chi connectivity index (χ1) is 12.6. The van der Waals surface area contributed by atoms with Gasteiger partial charge in [0.1, 0.15) is 18.1 Å². The van der Waals surface area contributed by atoms with Crippen LogP contribution in [0.4, 0.5) is 0 Å². The number of benzene rings is 2. The molecule has 6 heteroatoms. The Morgan fingerprint density at radius 2 is 1.65 bits per heavy atom. The molecule has 0 saturated carbocycles. The zero-order chi connectivity index (χ0) is 18.8. The molecule has 26 heavy (non-hydrogen) atoms. The highest BCUT2D eigenvalue weighted by atomic mass is 16.5. The summed E-state index contributed by atoms with van der Waals surface area (Å²) < 4.78 is 10.4.